The molecule has 0 aliphatic heterocycles. The van der Waals surface area contributed by atoms with Gasteiger partial charge in [-0.05, 0) is 31.0 Å². The molecule has 3 aromatic rings. The number of nitrogens with one attached hydrogen (secondary N) is 4. The number of benzene rings is 2. The van der Waals surface area contributed by atoms with Gasteiger partial charge in [0.15, 0.2) is 5.96 Å². The molecule has 0 bridgehead atoms. The molecule has 0 fully saturated rings. The van der Waals surface area contributed by atoms with E-state index >= 15 is 0 Å². The number of nitrogens with zero attached hydrogens (tertiary/aromatic N) is 1. The molecule has 0 aliphatic rings. The highest BCUT2D eigenvalue weighted by molar-refractivity contribution is 5.95. The molecule has 3 rings (SSSR count). The van der Waals surface area contributed by atoms with E-state index in [1.807, 2.05) is 42.5 Å². The second-order valence-electron chi connectivity index (χ2n) is 6.37. The lowest BCUT2D eigenvalue weighted by Gasteiger charge is -2.09. The summed E-state index contributed by atoms with van der Waals surface area (Å²) in [6, 6.07) is 14.6. The van der Waals surface area contributed by atoms with E-state index in [-0.39, 0.29) is 17.4 Å². The lowest BCUT2D eigenvalue weighted by Crippen LogP contribution is -2.30. The van der Waals surface area contributed by atoms with E-state index in [4.69, 9.17) is 11.1 Å². The normalized spacial score (nSPS) is 10.6. The van der Waals surface area contributed by atoms with Crippen LogP contribution in [-0.2, 0) is 4.79 Å². The Hall–Kier alpha value is -3.68. The fraction of sp³-hybridized carbons (Fsp3) is 0.200. The molecule has 0 aliphatic carbocycles. The molecule has 8 heteroatoms. The van der Waals surface area contributed by atoms with Gasteiger partial charge in [0.1, 0.15) is 0 Å². The molecule has 0 atom stereocenters. The zero-order valence-corrected chi connectivity index (χ0v) is 15.3. The van der Waals surface area contributed by atoms with Crippen molar-refractivity contribution < 1.29 is 4.79 Å². The van der Waals surface area contributed by atoms with Crippen molar-refractivity contribution in [1.82, 2.24) is 15.5 Å². The van der Waals surface area contributed by atoms with Crippen LogP contribution >= 0.6 is 0 Å². The van der Waals surface area contributed by atoms with Crippen LogP contribution in [0.15, 0.2) is 53.3 Å². The lowest BCUT2D eigenvalue weighted by molar-refractivity contribution is -0.116. The fourth-order valence-corrected chi connectivity index (χ4v) is 2.94. The number of anilines is 1. The summed E-state index contributed by atoms with van der Waals surface area (Å²) in [7, 11) is 0. The van der Waals surface area contributed by atoms with Crippen LogP contribution in [0.3, 0.4) is 0 Å². The van der Waals surface area contributed by atoms with E-state index < -0.39 is 0 Å². The predicted octanol–water partition coefficient (Wildman–Crippen LogP) is 2.18. The van der Waals surface area contributed by atoms with Crippen LogP contribution in [0.4, 0.5) is 5.69 Å². The highest BCUT2D eigenvalue weighted by Crippen LogP contribution is 2.26. The van der Waals surface area contributed by atoms with Gasteiger partial charge < -0.3 is 16.4 Å². The van der Waals surface area contributed by atoms with E-state index in [1.165, 1.54) is 0 Å². The van der Waals surface area contributed by atoms with Gasteiger partial charge in [-0.1, -0.05) is 30.3 Å². The van der Waals surface area contributed by atoms with Gasteiger partial charge in [0, 0.05) is 29.6 Å². The molecule has 1 amide bonds. The van der Waals surface area contributed by atoms with Crippen LogP contribution in [0.5, 0.6) is 0 Å². The second-order valence-corrected chi connectivity index (χ2v) is 6.37. The number of aromatic nitrogens is 2. The summed E-state index contributed by atoms with van der Waals surface area (Å²) in [6.45, 7) is 0.572. The average molecular weight is 378 g/mol. The van der Waals surface area contributed by atoms with Crippen molar-refractivity contribution >= 4 is 28.3 Å². The van der Waals surface area contributed by atoms with E-state index in [9.17, 15) is 9.59 Å². The first-order chi connectivity index (χ1) is 13.5. The van der Waals surface area contributed by atoms with Crippen LogP contribution in [-0.4, -0.2) is 28.6 Å². The molecule has 2 aromatic carbocycles. The van der Waals surface area contributed by atoms with Crippen LogP contribution in [0.1, 0.15) is 19.3 Å². The molecule has 6 N–H and O–H groups in total. The van der Waals surface area contributed by atoms with Crippen molar-refractivity contribution in [3.63, 3.8) is 0 Å². The number of hydrogen-bond donors (Lipinski definition) is 5. The number of nitrogens with two attached hydrogens (primary N) is 1. The molecule has 0 unspecified atom stereocenters. The molecule has 0 radical (unpaired) electrons. The lowest BCUT2D eigenvalue weighted by atomic mass is 10.0. The van der Waals surface area contributed by atoms with Gasteiger partial charge in [-0.3, -0.25) is 15.0 Å². The third-order valence-electron chi connectivity index (χ3n) is 4.26. The fourth-order valence-electron chi connectivity index (χ4n) is 2.94. The zero-order chi connectivity index (χ0) is 19.9. The molecule has 144 valence electrons. The van der Waals surface area contributed by atoms with E-state index in [2.05, 4.69) is 20.8 Å². The van der Waals surface area contributed by atoms with Crippen molar-refractivity contribution in [2.45, 2.75) is 19.3 Å². The van der Waals surface area contributed by atoms with Crippen LogP contribution < -0.4 is 21.9 Å². The highest BCUT2D eigenvalue weighted by Gasteiger charge is 2.10. The monoisotopic (exact) mass is 378 g/mol. The van der Waals surface area contributed by atoms with E-state index in [0.29, 0.717) is 36.2 Å². The maximum absolute atomic E-state index is 12.2. The second kappa shape index (κ2) is 8.81. The topological polar surface area (TPSA) is 137 Å². The Labute approximate surface area is 161 Å². The number of rotatable bonds is 7. The summed E-state index contributed by atoms with van der Waals surface area (Å²) in [5, 5.41) is 20.7. The van der Waals surface area contributed by atoms with Gasteiger partial charge in [0.2, 0.25) is 5.91 Å². The number of carbonyl (C=O) groups is 1. The summed E-state index contributed by atoms with van der Waals surface area (Å²) in [5.74, 6) is -0.149. The SMILES string of the molecule is N=C(N)NCCCCC(=O)Nc1cccc(-c2n[nH]c(=O)c3ccccc23)c1. The van der Waals surface area contributed by atoms with Crippen LogP contribution in [0, 0.1) is 5.41 Å². The van der Waals surface area contributed by atoms with Gasteiger partial charge in [0.25, 0.3) is 5.56 Å². The van der Waals surface area contributed by atoms with Crippen molar-refractivity contribution in [3.05, 3.63) is 58.9 Å². The minimum atomic E-state index is -0.233. The van der Waals surface area contributed by atoms with Gasteiger partial charge in [-0.15, -0.1) is 0 Å². The summed E-state index contributed by atoms with van der Waals surface area (Å²) >= 11 is 0. The first-order valence-electron chi connectivity index (χ1n) is 9.00. The third-order valence-corrected chi connectivity index (χ3v) is 4.26. The van der Waals surface area contributed by atoms with Gasteiger partial charge >= 0.3 is 0 Å². The highest BCUT2D eigenvalue weighted by atomic mass is 16.1. The first-order valence-corrected chi connectivity index (χ1v) is 9.00. The quantitative estimate of drug-likeness (QED) is 0.244. The molecular formula is C20H22N6O2. The number of unbranched alkanes of at least 4 members (excludes halogenated alkanes) is 1. The minimum absolute atomic E-state index is 0.0651. The zero-order valence-electron chi connectivity index (χ0n) is 15.3. The van der Waals surface area contributed by atoms with Crippen molar-refractivity contribution in [1.29, 1.82) is 5.41 Å². The Morgan fingerprint density at radius 3 is 2.68 bits per heavy atom. The standard InChI is InChI=1S/C20H22N6O2/c21-20(22)23-11-4-3-10-17(27)24-14-7-5-6-13(12-14)18-15-8-1-2-9-16(15)19(28)26-25-18/h1-2,5-9,12H,3-4,10-11H2,(H,24,27)(H,26,28)(H4,21,22,23). The first kappa shape index (κ1) is 19.1. The number of guanidine groups is 1. The predicted molar refractivity (Wildman–Crippen MR) is 110 cm³/mol. The third kappa shape index (κ3) is 4.73. The molecule has 1 heterocycles. The molecule has 28 heavy (non-hydrogen) atoms. The summed E-state index contributed by atoms with van der Waals surface area (Å²) < 4.78 is 0. The maximum Gasteiger partial charge on any atom is 0.272 e. The maximum atomic E-state index is 12.2. The average Bonchev–Trinajstić information content (AvgIpc) is 2.68. The summed E-state index contributed by atoms with van der Waals surface area (Å²) in [4.78, 5) is 24.1. The van der Waals surface area contributed by atoms with Crippen molar-refractivity contribution in [2.24, 2.45) is 5.73 Å². The van der Waals surface area contributed by atoms with Crippen molar-refractivity contribution in [2.75, 3.05) is 11.9 Å². The number of aromatic amines is 1. The molecule has 0 saturated carbocycles. The smallest absolute Gasteiger partial charge is 0.272 e. The number of hydrogen-bond acceptors (Lipinski definition) is 4. The van der Waals surface area contributed by atoms with E-state index in [1.54, 1.807) is 6.07 Å². The Bertz CT molecular complexity index is 1060. The van der Waals surface area contributed by atoms with Crippen LogP contribution in [0.2, 0.25) is 0 Å². The molecule has 8 nitrogen and oxygen atoms in total. The van der Waals surface area contributed by atoms with Gasteiger partial charge in [0.05, 0.1) is 11.1 Å². The Balaban J connectivity index is 1.70. The Kier molecular flexibility index (Phi) is 6.01. The number of fused-ring (bicyclic) bond motifs is 1. The Morgan fingerprint density at radius 1 is 1.11 bits per heavy atom. The number of carbonyl (C=O) groups excluding carboxylic acids is 1. The number of H-pyrrole nitrogens is 1. The molecule has 1 aromatic heterocycles. The summed E-state index contributed by atoms with van der Waals surface area (Å²) in [5.41, 5.74) is 7.10. The molecular weight excluding hydrogens is 356 g/mol. The van der Waals surface area contributed by atoms with Crippen molar-refractivity contribution in [3.8, 4) is 11.3 Å². The number of amides is 1. The molecule has 0 spiro atoms. The van der Waals surface area contributed by atoms with Gasteiger partial charge in [-0.2, -0.15) is 5.10 Å². The Morgan fingerprint density at radius 2 is 1.89 bits per heavy atom. The molecule has 0 saturated heterocycles. The van der Waals surface area contributed by atoms with E-state index in [0.717, 1.165) is 17.4 Å². The van der Waals surface area contributed by atoms with Gasteiger partial charge in [-0.25, -0.2) is 5.10 Å². The minimum Gasteiger partial charge on any atom is -0.370 e. The van der Waals surface area contributed by atoms with Crippen LogP contribution in [0.25, 0.3) is 22.0 Å². The summed E-state index contributed by atoms with van der Waals surface area (Å²) in [6.07, 6.45) is 1.82. The largest absolute Gasteiger partial charge is 0.370 e.